The van der Waals surface area contributed by atoms with Gasteiger partial charge in [-0.25, -0.2) is 0 Å². The van der Waals surface area contributed by atoms with Crippen LogP contribution < -0.4 is 9.47 Å². The molecule has 0 saturated carbocycles. The van der Waals surface area contributed by atoms with Gasteiger partial charge in [0.05, 0.1) is 38.3 Å². The smallest absolute Gasteiger partial charge is 0.162 e. The van der Waals surface area contributed by atoms with Crippen molar-refractivity contribution in [2.75, 3.05) is 20.3 Å². The van der Waals surface area contributed by atoms with Crippen LogP contribution in [-0.2, 0) is 16.9 Å². The molecule has 2 aromatic rings. The van der Waals surface area contributed by atoms with Crippen molar-refractivity contribution in [3.63, 3.8) is 0 Å². The Hall–Kier alpha value is -2.83. The minimum Gasteiger partial charge on any atom is -0.493 e. The van der Waals surface area contributed by atoms with E-state index >= 15 is 0 Å². The fraction of sp³-hybridized carbons (Fsp3) is 0.400. The highest BCUT2D eigenvalue weighted by molar-refractivity contribution is 5.65. The maximum absolute atomic E-state index is 10.6. The molecule has 2 heterocycles. The van der Waals surface area contributed by atoms with E-state index in [1.165, 1.54) is 0 Å². The summed E-state index contributed by atoms with van der Waals surface area (Å²) in [6.45, 7) is 11.1. The zero-order valence-electron chi connectivity index (χ0n) is 18.8. The number of nitrogens with zero attached hydrogens (tertiary/aromatic N) is 2. The molecule has 1 fully saturated rings. The monoisotopic (exact) mass is 424 g/mol. The summed E-state index contributed by atoms with van der Waals surface area (Å²) in [5, 5.41) is 15.3. The van der Waals surface area contributed by atoms with Crippen molar-refractivity contribution in [1.82, 2.24) is 9.78 Å². The van der Waals surface area contributed by atoms with Gasteiger partial charge >= 0.3 is 0 Å². The first-order chi connectivity index (χ1) is 14.9. The average molecular weight is 425 g/mol. The standard InChI is InChI=1S/C25H32N2O4/c1-6-8-18(9-7-2)16-27-21(15-24(26-27)25(3,4)28)19-10-11-22(29-5)23(14-19)31-20-12-13-30-17-20/h6-11,14-15,20,28H,1,12-13,16-17H2,2-5H3/b9-7-,18-8+. The van der Waals surface area contributed by atoms with Crippen LogP contribution in [0.2, 0.25) is 0 Å². The topological polar surface area (TPSA) is 65.7 Å². The molecule has 1 aliphatic rings. The van der Waals surface area contributed by atoms with E-state index in [0.29, 0.717) is 37.0 Å². The maximum atomic E-state index is 10.6. The third kappa shape index (κ3) is 5.66. The number of methoxy groups -OCH3 is 1. The Morgan fingerprint density at radius 2 is 2.16 bits per heavy atom. The summed E-state index contributed by atoms with van der Waals surface area (Å²) in [6, 6.07) is 7.76. The van der Waals surface area contributed by atoms with Crippen molar-refractivity contribution in [2.24, 2.45) is 0 Å². The van der Waals surface area contributed by atoms with Crippen LogP contribution in [0.15, 0.2) is 60.7 Å². The Bertz CT molecular complexity index is 960. The van der Waals surface area contributed by atoms with Crippen molar-refractivity contribution < 1.29 is 19.3 Å². The number of hydrogen-bond donors (Lipinski definition) is 1. The highest BCUT2D eigenvalue weighted by Gasteiger charge is 2.24. The first-order valence-corrected chi connectivity index (χ1v) is 10.5. The molecule has 0 bridgehead atoms. The molecule has 0 spiro atoms. The van der Waals surface area contributed by atoms with E-state index in [1.54, 1.807) is 27.0 Å². The number of allylic oxidation sites excluding steroid dienone is 5. The second-order valence-corrected chi connectivity index (χ2v) is 8.08. The van der Waals surface area contributed by atoms with Crippen LogP contribution in [0, 0.1) is 0 Å². The zero-order chi connectivity index (χ0) is 22.4. The Kier molecular flexibility index (Phi) is 7.36. The van der Waals surface area contributed by atoms with E-state index in [0.717, 1.165) is 23.3 Å². The number of benzene rings is 1. The van der Waals surface area contributed by atoms with Crippen LogP contribution in [0.5, 0.6) is 11.5 Å². The van der Waals surface area contributed by atoms with Crippen LogP contribution >= 0.6 is 0 Å². The second kappa shape index (κ2) is 9.98. The lowest BCUT2D eigenvalue weighted by Gasteiger charge is -2.16. The van der Waals surface area contributed by atoms with Crippen LogP contribution in [-0.4, -0.2) is 41.3 Å². The first kappa shape index (κ1) is 22.8. The number of aliphatic hydroxyl groups is 1. The van der Waals surface area contributed by atoms with Gasteiger partial charge in [-0.3, -0.25) is 4.68 Å². The molecule has 1 aromatic carbocycles. The molecule has 6 nitrogen and oxygen atoms in total. The normalized spacial score (nSPS) is 17.3. The fourth-order valence-corrected chi connectivity index (χ4v) is 3.48. The number of ether oxygens (including phenoxy) is 3. The van der Waals surface area contributed by atoms with Gasteiger partial charge in [-0.2, -0.15) is 5.10 Å². The van der Waals surface area contributed by atoms with Crippen LogP contribution in [0.1, 0.15) is 32.9 Å². The lowest BCUT2D eigenvalue weighted by Crippen LogP contribution is -2.17. The molecule has 0 aliphatic carbocycles. The fourth-order valence-electron chi connectivity index (χ4n) is 3.48. The van der Waals surface area contributed by atoms with Gasteiger partial charge in [0, 0.05) is 12.0 Å². The van der Waals surface area contributed by atoms with Crippen molar-refractivity contribution in [1.29, 1.82) is 0 Å². The molecule has 0 radical (unpaired) electrons. The third-order valence-electron chi connectivity index (χ3n) is 5.09. The molecule has 1 N–H and O–H groups in total. The van der Waals surface area contributed by atoms with Gasteiger partial charge in [0.1, 0.15) is 11.7 Å². The highest BCUT2D eigenvalue weighted by atomic mass is 16.6. The van der Waals surface area contributed by atoms with Crippen LogP contribution in [0.25, 0.3) is 11.3 Å². The molecule has 1 atom stereocenters. The molecule has 166 valence electrons. The summed E-state index contributed by atoms with van der Waals surface area (Å²) < 4.78 is 19.0. The summed E-state index contributed by atoms with van der Waals surface area (Å²) in [6.07, 6.45) is 8.60. The Labute approximate surface area is 184 Å². The third-order valence-corrected chi connectivity index (χ3v) is 5.09. The van der Waals surface area contributed by atoms with Crippen LogP contribution in [0.3, 0.4) is 0 Å². The molecule has 1 unspecified atom stereocenters. The van der Waals surface area contributed by atoms with Gasteiger partial charge < -0.3 is 19.3 Å². The predicted octanol–water partition coefficient (Wildman–Crippen LogP) is 4.64. The van der Waals surface area contributed by atoms with E-state index in [-0.39, 0.29) is 6.10 Å². The summed E-state index contributed by atoms with van der Waals surface area (Å²) >= 11 is 0. The van der Waals surface area contributed by atoms with Crippen molar-refractivity contribution in [3.05, 3.63) is 66.4 Å². The zero-order valence-corrected chi connectivity index (χ0v) is 18.8. The molecule has 0 amide bonds. The van der Waals surface area contributed by atoms with Gasteiger partial charge in [-0.1, -0.05) is 30.9 Å². The van der Waals surface area contributed by atoms with Gasteiger partial charge in [0.2, 0.25) is 0 Å². The van der Waals surface area contributed by atoms with Crippen molar-refractivity contribution in [3.8, 4) is 22.8 Å². The molecule has 6 heteroatoms. The van der Waals surface area contributed by atoms with Gasteiger partial charge in [-0.05, 0) is 50.6 Å². The van der Waals surface area contributed by atoms with E-state index in [9.17, 15) is 5.11 Å². The number of aromatic nitrogens is 2. The highest BCUT2D eigenvalue weighted by Crippen LogP contribution is 2.35. The molecule has 1 aromatic heterocycles. The average Bonchev–Trinajstić information content (AvgIpc) is 3.38. The quantitative estimate of drug-likeness (QED) is 0.594. The van der Waals surface area contributed by atoms with E-state index in [2.05, 4.69) is 6.58 Å². The summed E-state index contributed by atoms with van der Waals surface area (Å²) in [5.41, 5.74) is 2.40. The van der Waals surface area contributed by atoms with E-state index in [4.69, 9.17) is 19.3 Å². The van der Waals surface area contributed by atoms with E-state index < -0.39 is 5.60 Å². The molecule has 31 heavy (non-hydrogen) atoms. The summed E-state index contributed by atoms with van der Waals surface area (Å²) in [4.78, 5) is 0. The summed E-state index contributed by atoms with van der Waals surface area (Å²) in [7, 11) is 1.63. The molecular weight excluding hydrogens is 392 g/mol. The Morgan fingerprint density at radius 1 is 1.35 bits per heavy atom. The van der Waals surface area contributed by atoms with Crippen LogP contribution in [0.4, 0.5) is 0 Å². The lowest BCUT2D eigenvalue weighted by atomic mass is 10.0. The summed E-state index contributed by atoms with van der Waals surface area (Å²) in [5.74, 6) is 1.34. The Balaban J connectivity index is 2.04. The van der Waals surface area contributed by atoms with Crippen molar-refractivity contribution >= 4 is 0 Å². The molecule has 3 rings (SSSR count). The van der Waals surface area contributed by atoms with E-state index in [1.807, 2.05) is 54.1 Å². The minimum atomic E-state index is -1.06. The molecular formula is C25H32N2O4. The molecule has 1 saturated heterocycles. The Morgan fingerprint density at radius 3 is 2.77 bits per heavy atom. The SMILES string of the molecule is C=C/C=C(\C=C/C)Cn1nc(C(C)(C)O)cc1-c1ccc(OC)c(OC2CCOC2)c1. The van der Waals surface area contributed by atoms with Gasteiger partial charge in [0.25, 0.3) is 0 Å². The largest absolute Gasteiger partial charge is 0.493 e. The first-order valence-electron chi connectivity index (χ1n) is 10.5. The second-order valence-electron chi connectivity index (χ2n) is 8.08. The lowest BCUT2D eigenvalue weighted by molar-refractivity contribution is 0.0731. The number of rotatable bonds is 9. The minimum absolute atomic E-state index is 0.0119. The van der Waals surface area contributed by atoms with Crippen molar-refractivity contribution in [2.45, 2.75) is 45.4 Å². The predicted molar refractivity (Wildman–Crippen MR) is 122 cm³/mol. The molecule has 1 aliphatic heterocycles. The maximum Gasteiger partial charge on any atom is 0.162 e. The van der Waals surface area contributed by atoms with Gasteiger partial charge in [0.15, 0.2) is 11.5 Å². The van der Waals surface area contributed by atoms with Gasteiger partial charge in [-0.15, -0.1) is 0 Å². The number of hydrogen-bond acceptors (Lipinski definition) is 5.